The second-order valence-electron chi connectivity index (χ2n) is 7.00. The second-order valence-corrected chi connectivity index (χ2v) is 7.00. The fourth-order valence-electron chi connectivity index (χ4n) is 3.38. The average Bonchev–Trinajstić information content (AvgIpc) is 2.65. The van der Waals surface area contributed by atoms with Crippen molar-refractivity contribution in [2.45, 2.75) is 75.1 Å². The molecule has 0 aromatic carbocycles. The van der Waals surface area contributed by atoms with Gasteiger partial charge in [-0.25, -0.2) is 0 Å². The summed E-state index contributed by atoms with van der Waals surface area (Å²) in [5.74, 6) is -1.14. The molecule has 2 aliphatic rings. The number of aliphatic hydroxyl groups is 6. The predicted octanol–water partition coefficient (Wildman–Crippen LogP) is -5.11. The van der Waals surface area contributed by atoms with E-state index in [9.17, 15) is 40.2 Å². The lowest BCUT2D eigenvalue weighted by Crippen LogP contribution is -2.69. The van der Waals surface area contributed by atoms with Gasteiger partial charge in [-0.2, -0.15) is 0 Å². The van der Waals surface area contributed by atoms with Gasteiger partial charge in [-0.3, -0.25) is 9.59 Å². The van der Waals surface area contributed by atoms with Crippen LogP contribution < -0.4 is 10.6 Å². The second kappa shape index (κ2) is 10.1. The Bertz CT molecular complexity index is 579. The molecule has 2 heterocycles. The summed E-state index contributed by atoms with van der Waals surface area (Å²) < 4.78 is 16.3. The van der Waals surface area contributed by atoms with E-state index in [0.29, 0.717) is 0 Å². The summed E-state index contributed by atoms with van der Waals surface area (Å²) >= 11 is 0. The topological polar surface area (TPSA) is 207 Å². The summed E-state index contributed by atoms with van der Waals surface area (Å²) in [7, 11) is 0. The van der Waals surface area contributed by atoms with Gasteiger partial charge in [0.2, 0.25) is 11.8 Å². The van der Waals surface area contributed by atoms with Gasteiger partial charge in [0.25, 0.3) is 0 Å². The minimum atomic E-state index is -1.64. The molecule has 2 amide bonds. The fourth-order valence-corrected chi connectivity index (χ4v) is 3.38. The van der Waals surface area contributed by atoms with Crippen LogP contribution >= 0.6 is 0 Å². The van der Waals surface area contributed by atoms with Crippen LogP contribution in [0.3, 0.4) is 0 Å². The number of hydrogen-bond acceptors (Lipinski definition) is 11. The number of rotatable bonds is 6. The van der Waals surface area contributed by atoms with Crippen LogP contribution in [-0.2, 0) is 23.8 Å². The molecule has 13 heteroatoms. The summed E-state index contributed by atoms with van der Waals surface area (Å²) in [6.45, 7) is 0.962. The normalized spacial score (nSPS) is 42.9. The highest BCUT2D eigenvalue weighted by Crippen LogP contribution is 2.28. The van der Waals surface area contributed by atoms with E-state index in [1.54, 1.807) is 0 Å². The van der Waals surface area contributed by atoms with E-state index in [2.05, 4.69) is 10.6 Å². The Kier molecular flexibility index (Phi) is 8.28. The molecule has 0 bridgehead atoms. The first-order valence-corrected chi connectivity index (χ1v) is 9.05. The minimum absolute atomic E-state index is 0.568. The Morgan fingerprint density at radius 1 is 0.828 bits per heavy atom. The molecule has 2 saturated heterocycles. The highest BCUT2D eigenvalue weighted by molar-refractivity contribution is 5.73. The first kappa shape index (κ1) is 23.9. The van der Waals surface area contributed by atoms with Crippen molar-refractivity contribution < 1.29 is 54.4 Å². The van der Waals surface area contributed by atoms with Crippen LogP contribution in [0.25, 0.3) is 0 Å². The molecule has 0 radical (unpaired) electrons. The van der Waals surface area contributed by atoms with Crippen molar-refractivity contribution in [2.75, 3.05) is 13.2 Å². The zero-order valence-corrected chi connectivity index (χ0v) is 15.9. The largest absolute Gasteiger partial charge is 0.394 e. The minimum Gasteiger partial charge on any atom is -0.394 e. The van der Waals surface area contributed by atoms with Crippen molar-refractivity contribution in [1.82, 2.24) is 10.6 Å². The number of amides is 2. The Labute approximate surface area is 166 Å². The molecule has 0 aromatic rings. The van der Waals surface area contributed by atoms with Gasteiger partial charge in [0.05, 0.1) is 13.2 Å². The predicted molar refractivity (Wildman–Crippen MR) is 91.8 cm³/mol. The quantitative estimate of drug-likeness (QED) is 0.202. The van der Waals surface area contributed by atoms with Crippen molar-refractivity contribution >= 4 is 11.8 Å². The Balaban J connectivity index is 2.26. The number of aliphatic hydroxyl groups excluding tert-OH is 6. The Morgan fingerprint density at radius 2 is 1.38 bits per heavy atom. The first-order valence-electron chi connectivity index (χ1n) is 9.05. The highest BCUT2D eigenvalue weighted by atomic mass is 16.7. The van der Waals surface area contributed by atoms with Crippen LogP contribution in [0.1, 0.15) is 13.8 Å². The van der Waals surface area contributed by atoms with E-state index in [0.717, 1.165) is 13.8 Å². The molecule has 2 fully saturated rings. The lowest BCUT2D eigenvalue weighted by molar-refractivity contribution is -0.327. The fraction of sp³-hybridized carbons (Fsp3) is 0.875. The molecule has 8 N–H and O–H groups in total. The summed E-state index contributed by atoms with van der Waals surface area (Å²) in [6, 6.07) is -2.59. The molecule has 2 rings (SSSR count). The maximum Gasteiger partial charge on any atom is 0.217 e. The monoisotopic (exact) mass is 424 g/mol. The van der Waals surface area contributed by atoms with Gasteiger partial charge in [0, 0.05) is 13.8 Å². The van der Waals surface area contributed by atoms with E-state index >= 15 is 0 Å². The van der Waals surface area contributed by atoms with Crippen LogP contribution in [0.15, 0.2) is 0 Å². The van der Waals surface area contributed by atoms with Gasteiger partial charge in [0.1, 0.15) is 48.7 Å². The van der Waals surface area contributed by atoms with Crippen molar-refractivity contribution in [3.8, 4) is 0 Å². The third kappa shape index (κ3) is 5.39. The molecule has 168 valence electrons. The number of carbonyl (C=O) groups excluding carboxylic acids is 2. The van der Waals surface area contributed by atoms with E-state index in [1.165, 1.54) is 0 Å². The van der Waals surface area contributed by atoms with E-state index < -0.39 is 86.3 Å². The van der Waals surface area contributed by atoms with Crippen molar-refractivity contribution in [1.29, 1.82) is 0 Å². The molecule has 0 saturated carbocycles. The van der Waals surface area contributed by atoms with Crippen molar-refractivity contribution in [3.05, 3.63) is 0 Å². The summed E-state index contributed by atoms with van der Waals surface area (Å²) in [5.41, 5.74) is 0. The van der Waals surface area contributed by atoms with Crippen LogP contribution in [0.5, 0.6) is 0 Å². The zero-order chi connectivity index (χ0) is 21.9. The molecule has 0 spiro atoms. The van der Waals surface area contributed by atoms with Crippen LogP contribution in [-0.4, -0.2) is 117 Å². The Hall–Kier alpha value is -1.42. The molecule has 13 nitrogen and oxygen atoms in total. The zero-order valence-electron chi connectivity index (χ0n) is 15.9. The van der Waals surface area contributed by atoms with Gasteiger partial charge in [-0.15, -0.1) is 0 Å². The number of nitrogens with one attached hydrogen (secondary N) is 2. The molecular formula is C16H28N2O11. The lowest BCUT2D eigenvalue weighted by atomic mass is 9.94. The third-order valence-electron chi connectivity index (χ3n) is 4.78. The molecule has 2 aliphatic heterocycles. The van der Waals surface area contributed by atoms with Crippen molar-refractivity contribution in [2.24, 2.45) is 0 Å². The first-order chi connectivity index (χ1) is 13.6. The number of hydrogen-bond donors (Lipinski definition) is 8. The number of ether oxygens (including phenoxy) is 3. The van der Waals surface area contributed by atoms with Gasteiger partial charge in [0.15, 0.2) is 12.6 Å². The maximum atomic E-state index is 11.5. The molecule has 29 heavy (non-hydrogen) atoms. The van der Waals surface area contributed by atoms with E-state index in [-0.39, 0.29) is 0 Å². The third-order valence-corrected chi connectivity index (χ3v) is 4.78. The smallest absolute Gasteiger partial charge is 0.217 e. The van der Waals surface area contributed by atoms with Crippen LogP contribution in [0, 0.1) is 0 Å². The number of carbonyl (C=O) groups is 2. The van der Waals surface area contributed by atoms with Gasteiger partial charge in [-0.05, 0) is 0 Å². The van der Waals surface area contributed by atoms with Crippen LogP contribution in [0.2, 0.25) is 0 Å². The van der Waals surface area contributed by atoms with Crippen LogP contribution in [0.4, 0.5) is 0 Å². The molecular weight excluding hydrogens is 396 g/mol. The van der Waals surface area contributed by atoms with Gasteiger partial charge in [-0.1, -0.05) is 0 Å². The van der Waals surface area contributed by atoms with Gasteiger partial charge >= 0.3 is 0 Å². The summed E-state index contributed by atoms with van der Waals surface area (Å²) in [5, 5.41) is 64.5. The maximum absolute atomic E-state index is 11.5. The molecule has 0 unspecified atom stereocenters. The summed E-state index contributed by atoms with van der Waals surface area (Å²) in [6.07, 6.45) is -11.7. The lowest BCUT2D eigenvalue weighted by Gasteiger charge is -2.47. The van der Waals surface area contributed by atoms with E-state index in [1.807, 2.05) is 0 Å². The standard InChI is InChI=1S/C16H28N2O11/c1-5(21)17-9-13(25)14(8(4-20)27-15(9)26)29-16-10(18-6(2)22)12(24)11(23)7(3-19)28-16/h7-16,19-20,23-26H,3-4H2,1-2H3,(H,17,21)(H,18,22)/t7-,8+,9+,10-,11-,12-,13+,14-,15-,16+/m1/s1. The molecule has 0 aliphatic carbocycles. The molecule has 10 atom stereocenters. The van der Waals surface area contributed by atoms with Crippen molar-refractivity contribution in [3.63, 3.8) is 0 Å². The molecule has 0 aromatic heterocycles. The average molecular weight is 424 g/mol. The van der Waals surface area contributed by atoms with Gasteiger partial charge < -0.3 is 55.5 Å². The Morgan fingerprint density at radius 3 is 1.90 bits per heavy atom. The van der Waals surface area contributed by atoms with E-state index in [4.69, 9.17) is 14.2 Å². The SMILES string of the molecule is CC(=O)N[C@H]1[C@H](O[C@H]2[C@@H](O)[C@H](NC(C)=O)[C@H](O)O[C@H]2CO)O[C@H](CO)[C@@H](O)[C@@H]1O. The summed E-state index contributed by atoms with van der Waals surface area (Å²) in [4.78, 5) is 22.8. The highest BCUT2D eigenvalue weighted by Gasteiger charge is 2.51.